The highest BCUT2D eigenvalue weighted by Gasteiger charge is 2.05. The van der Waals surface area contributed by atoms with Gasteiger partial charge in [-0.15, -0.1) is 0 Å². The van der Waals surface area contributed by atoms with E-state index in [0.29, 0.717) is 5.69 Å². The molecule has 0 unspecified atom stereocenters. The second-order valence-corrected chi connectivity index (χ2v) is 4.80. The highest BCUT2D eigenvalue weighted by molar-refractivity contribution is 9.10. The number of amides is 1. The molecule has 0 aromatic heterocycles. The molecule has 0 saturated carbocycles. The van der Waals surface area contributed by atoms with Crippen LogP contribution in [0, 0.1) is 0 Å². The Balaban J connectivity index is 2.40. The Morgan fingerprint density at radius 2 is 1.89 bits per heavy atom. The number of esters is 1. The van der Waals surface area contributed by atoms with Crippen LogP contribution in [0.15, 0.2) is 40.4 Å². The average Bonchev–Trinajstić information content (AvgIpc) is 2.29. The maximum absolute atomic E-state index is 11.5. The van der Waals surface area contributed by atoms with Gasteiger partial charge in [-0.05, 0) is 38.1 Å². The van der Waals surface area contributed by atoms with E-state index in [2.05, 4.69) is 21.2 Å². The quantitative estimate of drug-likeness (QED) is 0.687. The summed E-state index contributed by atoms with van der Waals surface area (Å²) in [5, 5.41) is 2.62. The second kappa shape index (κ2) is 6.96. The van der Waals surface area contributed by atoms with E-state index in [1.807, 2.05) is 12.1 Å². The van der Waals surface area contributed by atoms with Crippen LogP contribution >= 0.6 is 15.9 Å². The number of halogens is 1. The van der Waals surface area contributed by atoms with Gasteiger partial charge in [0.2, 0.25) is 0 Å². The van der Waals surface area contributed by atoms with Gasteiger partial charge in [-0.25, -0.2) is 4.79 Å². The lowest BCUT2D eigenvalue weighted by Gasteiger charge is -2.05. The first kappa shape index (κ1) is 14.4. The van der Waals surface area contributed by atoms with Gasteiger partial charge in [-0.1, -0.05) is 21.5 Å². The Labute approximate surface area is 114 Å². The van der Waals surface area contributed by atoms with Crippen molar-refractivity contribution in [2.75, 3.05) is 11.9 Å². The molecule has 0 atom stereocenters. The van der Waals surface area contributed by atoms with Crippen LogP contribution in [0.5, 0.6) is 0 Å². The van der Waals surface area contributed by atoms with Gasteiger partial charge in [0.15, 0.2) is 6.61 Å². The summed E-state index contributed by atoms with van der Waals surface area (Å²) >= 11 is 3.30. The molecule has 1 amide bonds. The summed E-state index contributed by atoms with van der Waals surface area (Å²) in [6, 6.07) is 7.12. The fourth-order valence-corrected chi connectivity index (χ4v) is 1.41. The Kier molecular flexibility index (Phi) is 5.58. The molecule has 0 bridgehead atoms. The molecule has 0 saturated heterocycles. The van der Waals surface area contributed by atoms with Crippen LogP contribution in [0.4, 0.5) is 5.69 Å². The summed E-state index contributed by atoms with van der Waals surface area (Å²) < 4.78 is 5.70. The topological polar surface area (TPSA) is 55.4 Å². The average molecular weight is 312 g/mol. The zero-order chi connectivity index (χ0) is 13.5. The first-order valence-electron chi connectivity index (χ1n) is 5.34. The summed E-state index contributed by atoms with van der Waals surface area (Å²) in [6.07, 6.45) is 1.34. The molecule has 0 aliphatic carbocycles. The Morgan fingerprint density at radius 3 is 2.44 bits per heavy atom. The fourth-order valence-electron chi connectivity index (χ4n) is 1.14. The lowest BCUT2D eigenvalue weighted by atomic mass is 10.3. The number of allylic oxidation sites excluding steroid dienone is 1. The summed E-state index contributed by atoms with van der Waals surface area (Å²) in [5.74, 6) is -0.881. The number of benzene rings is 1. The van der Waals surface area contributed by atoms with Crippen LogP contribution < -0.4 is 5.32 Å². The van der Waals surface area contributed by atoms with Crippen molar-refractivity contribution in [2.24, 2.45) is 0 Å². The van der Waals surface area contributed by atoms with Crippen molar-refractivity contribution in [1.29, 1.82) is 0 Å². The van der Waals surface area contributed by atoms with Crippen molar-refractivity contribution >= 4 is 33.5 Å². The van der Waals surface area contributed by atoms with E-state index < -0.39 is 5.97 Å². The van der Waals surface area contributed by atoms with Gasteiger partial charge in [0.1, 0.15) is 0 Å². The van der Waals surface area contributed by atoms with Crippen molar-refractivity contribution in [3.05, 3.63) is 40.4 Å². The third kappa shape index (κ3) is 5.63. The third-order valence-corrected chi connectivity index (χ3v) is 2.41. The minimum absolute atomic E-state index is 0.293. The highest BCUT2D eigenvalue weighted by atomic mass is 79.9. The molecular weight excluding hydrogens is 298 g/mol. The molecule has 96 valence electrons. The van der Waals surface area contributed by atoms with E-state index in [4.69, 9.17) is 4.74 Å². The lowest BCUT2D eigenvalue weighted by molar-refractivity contribution is -0.142. The van der Waals surface area contributed by atoms with Crippen molar-refractivity contribution in [3.63, 3.8) is 0 Å². The highest BCUT2D eigenvalue weighted by Crippen LogP contribution is 2.13. The molecule has 1 N–H and O–H groups in total. The standard InChI is InChI=1S/C13H14BrNO3/c1-9(2)7-13(17)18-8-12(16)15-11-5-3-10(14)4-6-11/h3-7H,8H2,1-2H3,(H,15,16). The maximum atomic E-state index is 11.5. The van der Waals surface area contributed by atoms with Crippen molar-refractivity contribution < 1.29 is 14.3 Å². The number of carbonyl (C=O) groups excluding carboxylic acids is 2. The summed E-state index contributed by atoms with van der Waals surface area (Å²) in [4.78, 5) is 22.6. The van der Waals surface area contributed by atoms with Gasteiger partial charge >= 0.3 is 5.97 Å². The molecule has 1 aromatic carbocycles. The zero-order valence-electron chi connectivity index (χ0n) is 10.2. The SMILES string of the molecule is CC(C)=CC(=O)OCC(=O)Nc1ccc(Br)cc1. The normalized spacial score (nSPS) is 9.50. The largest absolute Gasteiger partial charge is 0.452 e. The number of rotatable bonds is 4. The maximum Gasteiger partial charge on any atom is 0.331 e. The van der Waals surface area contributed by atoms with E-state index >= 15 is 0 Å². The van der Waals surface area contributed by atoms with Crippen LogP contribution in [0.25, 0.3) is 0 Å². The molecule has 18 heavy (non-hydrogen) atoms. The molecule has 0 fully saturated rings. The minimum Gasteiger partial charge on any atom is -0.452 e. The van der Waals surface area contributed by atoms with E-state index in [1.165, 1.54) is 6.08 Å². The summed E-state index contributed by atoms with van der Waals surface area (Å²) in [5.41, 5.74) is 1.48. The monoisotopic (exact) mass is 311 g/mol. The van der Waals surface area contributed by atoms with E-state index in [1.54, 1.807) is 26.0 Å². The number of anilines is 1. The Hall–Kier alpha value is -1.62. The van der Waals surface area contributed by atoms with E-state index in [0.717, 1.165) is 10.0 Å². The number of ether oxygens (including phenoxy) is 1. The lowest BCUT2D eigenvalue weighted by Crippen LogP contribution is -2.20. The first-order chi connectivity index (χ1) is 8.47. The third-order valence-electron chi connectivity index (χ3n) is 1.88. The van der Waals surface area contributed by atoms with Gasteiger partial charge in [-0.3, -0.25) is 4.79 Å². The van der Waals surface area contributed by atoms with Gasteiger partial charge in [0.05, 0.1) is 0 Å². The number of carbonyl (C=O) groups is 2. The number of hydrogen-bond donors (Lipinski definition) is 1. The van der Waals surface area contributed by atoms with E-state index in [-0.39, 0.29) is 12.5 Å². The molecule has 1 rings (SSSR count). The molecule has 1 aromatic rings. The molecular formula is C13H14BrNO3. The molecule has 0 aliphatic rings. The Bertz CT molecular complexity index is 462. The van der Waals surface area contributed by atoms with Crippen LogP contribution in [-0.4, -0.2) is 18.5 Å². The van der Waals surface area contributed by atoms with E-state index in [9.17, 15) is 9.59 Å². The van der Waals surface area contributed by atoms with Crippen molar-refractivity contribution in [2.45, 2.75) is 13.8 Å². The molecule has 4 nitrogen and oxygen atoms in total. The second-order valence-electron chi connectivity index (χ2n) is 3.88. The predicted octanol–water partition coefficient (Wildman–Crippen LogP) is 2.90. The van der Waals surface area contributed by atoms with Gasteiger partial charge < -0.3 is 10.1 Å². The van der Waals surface area contributed by atoms with Crippen LogP contribution in [0.2, 0.25) is 0 Å². The molecule has 0 spiro atoms. The summed E-state index contributed by atoms with van der Waals surface area (Å²) in [6.45, 7) is 3.27. The van der Waals surface area contributed by atoms with Crippen molar-refractivity contribution in [3.8, 4) is 0 Å². The van der Waals surface area contributed by atoms with Gasteiger partial charge in [0.25, 0.3) is 5.91 Å². The smallest absolute Gasteiger partial charge is 0.331 e. The Morgan fingerprint density at radius 1 is 1.28 bits per heavy atom. The molecule has 5 heteroatoms. The molecule has 0 heterocycles. The number of hydrogen-bond acceptors (Lipinski definition) is 3. The van der Waals surface area contributed by atoms with Crippen LogP contribution in [0.1, 0.15) is 13.8 Å². The number of nitrogens with one attached hydrogen (secondary N) is 1. The van der Waals surface area contributed by atoms with Gasteiger partial charge in [0, 0.05) is 16.2 Å². The zero-order valence-corrected chi connectivity index (χ0v) is 11.8. The summed E-state index contributed by atoms with van der Waals surface area (Å²) in [7, 11) is 0. The van der Waals surface area contributed by atoms with Crippen LogP contribution in [0.3, 0.4) is 0 Å². The fraction of sp³-hybridized carbons (Fsp3) is 0.231. The van der Waals surface area contributed by atoms with Crippen LogP contribution in [-0.2, 0) is 14.3 Å². The van der Waals surface area contributed by atoms with Crippen molar-refractivity contribution in [1.82, 2.24) is 0 Å². The minimum atomic E-state index is -0.513. The first-order valence-corrected chi connectivity index (χ1v) is 6.14. The predicted molar refractivity (Wildman–Crippen MR) is 73.2 cm³/mol. The van der Waals surface area contributed by atoms with Gasteiger partial charge in [-0.2, -0.15) is 0 Å². The molecule has 0 radical (unpaired) electrons. The molecule has 0 aliphatic heterocycles.